The van der Waals surface area contributed by atoms with Gasteiger partial charge in [0, 0.05) is 55.8 Å². The van der Waals surface area contributed by atoms with Crippen molar-refractivity contribution in [2.45, 2.75) is 71.8 Å². The van der Waals surface area contributed by atoms with Gasteiger partial charge in [-0.05, 0) is 49.3 Å². The van der Waals surface area contributed by atoms with Crippen molar-refractivity contribution < 1.29 is 9.59 Å². The van der Waals surface area contributed by atoms with Gasteiger partial charge in [0.2, 0.25) is 5.91 Å². The molecule has 1 aromatic carbocycles. The molecule has 1 saturated heterocycles. The van der Waals surface area contributed by atoms with Crippen molar-refractivity contribution in [3.8, 4) is 0 Å². The molecular weight excluding hydrogens is 424 g/mol. The number of halogens is 1. The van der Waals surface area contributed by atoms with Crippen molar-refractivity contribution in [1.82, 2.24) is 19.7 Å². The Labute approximate surface area is 195 Å². The molecule has 2 atom stereocenters. The topological polar surface area (TPSA) is 68.1 Å². The van der Waals surface area contributed by atoms with E-state index in [1.54, 1.807) is 11.8 Å². The number of carbonyl (C=O) groups excluding carboxylic acids is 2. The van der Waals surface area contributed by atoms with Crippen LogP contribution in [-0.2, 0) is 22.4 Å². The second-order valence-electron chi connectivity index (χ2n) is 9.81. The van der Waals surface area contributed by atoms with Gasteiger partial charge in [-0.25, -0.2) is 0 Å². The van der Waals surface area contributed by atoms with E-state index in [0.29, 0.717) is 36.5 Å². The average molecular weight is 457 g/mol. The first-order valence-electron chi connectivity index (χ1n) is 11.7. The van der Waals surface area contributed by atoms with Gasteiger partial charge in [0.15, 0.2) is 0 Å². The van der Waals surface area contributed by atoms with E-state index < -0.39 is 0 Å². The van der Waals surface area contributed by atoms with Crippen LogP contribution < -0.4 is 0 Å². The molecule has 1 aliphatic carbocycles. The number of likely N-dealkylation sites (tertiary alicyclic amines) is 1. The summed E-state index contributed by atoms with van der Waals surface area (Å²) < 4.78 is 2.29. The molecule has 0 spiro atoms. The molecule has 4 rings (SSSR count). The van der Waals surface area contributed by atoms with E-state index in [1.165, 1.54) is 0 Å². The summed E-state index contributed by atoms with van der Waals surface area (Å²) in [6, 6.07) is 6.12. The molecule has 2 heterocycles. The van der Waals surface area contributed by atoms with E-state index in [2.05, 4.69) is 28.6 Å². The van der Waals surface area contributed by atoms with Gasteiger partial charge in [-0.2, -0.15) is 0 Å². The second kappa shape index (κ2) is 9.34. The van der Waals surface area contributed by atoms with E-state index in [0.717, 1.165) is 48.5 Å². The molecule has 2 fully saturated rings. The molecule has 0 radical (unpaired) electrons. The highest BCUT2D eigenvalue weighted by Gasteiger charge is 2.43. The quantitative estimate of drug-likeness (QED) is 0.584. The summed E-state index contributed by atoms with van der Waals surface area (Å²) in [5, 5.41) is 9.83. The number of ketones is 1. The van der Waals surface area contributed by atoms with Gasteiger partial charge in [0.05, 0.1) is 0 Å². The zero-order chi connectivity index (χ0) is 23.0. The first kappa shape index (κ1) is 23.0. The highest BCUT2D eigenvalue weighted by atomic mass is 35.5. The van der Waals surface area contributed by atoms with Crippen molar-refractivity contribution in [1.29, 1.82) is 0 Å². The van der Waals surface area contributed by atoms with E-state index >= 15 is 0 Å². The molecule has 0 bridgehead atoms. The van der Waals surface area contributed by atoms with Gasteiger partial charge < -0.3 is 9.47 Å². The summed E-state index contributed by atoms with van der Waals surface area (Å²) in [5.74, 6) is 2.24. The normalized spacial score (nSPS) is 20.9. The largest absolute Gasteiger partial charge is 0.341 e. The third-order valence-electron chi connectivity index (χ3n) is 6.91. The van der Waals surface area contributed by atoms with E-state index in [1.807, 2.05) is 25.1 Å². The lowest BCUT2D eigenvalue weighted by molar-refractivity contribution is -0.128. The second-order valence-corrected chi connectivity index (χ2v) is 10.2. The van der Waals surface area contributed by atoms with Crippen LogP contribution in [0.2, 0.25) is 5.02 Å². The van der Waals surface area contributed by atoms with E-state index in [-0.39, 0.29) is 23.5 Å². The van der Waals surface area contributed by atoms with E-state index in [9.17, 15) is 9.59 Å². The number of carbonyl (C=O) groups is 2. The molecule has 0 unspecified atom stereocenters. The monoisotopic (exact) mass is 456 g/mol. The molecule has 1 aromatic heterocycles. The van der Waals surface area contributed by atoms with Gasteiger partial charge >= 0.3 is 0 Å². The summed E-state index contributed by atoms with van der Waals surface area (Å²) in [6.45, 7) is 8.92. The lowest BCUT2D eigenvalue weighted by atomic mass is 9.87. The summed E-state index contributed by atoms with van der Waals surface area (Å²) >= 11 is 6.28. The predicted molar refractivity (Wildman–Crippen MR) is 125 cm³/mol. The molecule has 2 aliphatic rings. The van der Waals surface area contributed by atoms with Crippen LogP contribution >= 0.6 is 11.6 Å². The van der Waals surface area contributed by atoms with Crippen LogP contribution in [0.5, 0.6) is 0 Å². The number of aromatic nitrogens is 3. The van der Waals surface area contributed by atoms with Crippen molar-refractivity contribution in [2.24, 2.45) is 11.8 Å². The standard InChI is InChI=1S/C25H33ClN4O2/c1-15(2)8-11-24-27-28-25(30(24)19-9-10-19)21-14-29(17(4)31)13-20(21)23(32)12-18-6-5-7-22(26)16(18)3/h5-7,15,19-21H,8-14H2,1-4H3/t20-,21-/m0/s1. The van der Waals surface area contributed by atoms with Gasteiger partial charge in [-0.3, -0.25) is 9.59 Å². The molecule has 2 aromatic rings. The Hall–Kier alpha value is -2.21. The van der Waals surface area contributed by atoms with Crippen molar-refractivity contribution in [3.05, 3.63) is 46.0 Å². The Morgan fingerprint density at radius 2 is 1.94 bits per heavy atom. The van der Waals surface area contributed by atoms with Gasteiger partial charge in [0.1, 0.15) is 17.4 Å². The zero-order valence-electron chi connectivity index (χ0n) is 19.5. The fourth-order valence-electron chi connectivity index (χ4n) is 4.72. The van der Waals surface area contributed by atoms with Crippen LogP contribution in [0.15, 0.2) is 18.2 Å². The summed E-state index contributed by atoms with van der Waals surface area (Å²) in [4.78, 5) is 27.5. The molecule has 6 nitrogen and oxygen atoms in total. The maximum absolute atomic E-state index is 13.5. The minimum atomic E-state index is -0.281. The van der Waals surface area contributed by atoms with Crippen LogP contribution in [0.4, 0.5) is 0 Å². The maximum atomic E-state index is 13.5. The van der Waals surface area contributed by atoms with Crippen molar-refractivity contribution >= 4 is 23.3 Å². The minimum absolute atomic E-state index is 0.00162. The number of hydrogen-bond acceptors (Lipinski definition) is 4. The Kier molecular flexibility index (Phi) is 6.70. The average Bonchev–Trinajstić information content (AvgIpc) is 3.32. The number of amides is 1. The molecule has 7 heteroatoms. The first-order chi connectivity index (χ1) is 15.3. The van der Waals surface area contributed by atoms with Crippen LogP contribution in [0.25, 0.3) is 0 Å². The summed E-state index contributed by atoms with van der Waals surface area (Å²) in [5.41, 5.74) is 1.89. The van der Waals surface area contributed by atoms with Crippen LogP contribution in [0, 0.1) is 18.8 Å². The van der Waals surface area contributed by atoms with Gasteiger partial charge in [-0.1, -0.05) is 37.6 Å². The third-order valence-corrected chi connectivity index (χ3v) is 7.31. The molecular formula is C25H33ClN4O2. The first-order valence-corrected chi connectivity index (χ1v) is 12.1. The highest BCUT2D eigenvalue weighted by molar-refractivity contribution is 6.31. The molecule has 1 aliphatic heterocycles. The number of aryl methyl sites for hydroxylation is 1. The Morgan fingerprint density at radius 1 is 1.19 bits per heavy atom. The highest BCUT2D eigenvalue weighted by Crippen LogP contribution is 2.41. The third kappa shape index (κ3) is 4.75. The summed E-state index contributed by atoms with van der Waals surface area (Å²) in [7, 11) is 0. The molecule has 1 saturated carbocycles. The lowest BCUT2D eigenvalue weighted by Crippen LogP contribution is -2.28. The van der Waals surface area contributed by atoms with Crippen molar-refractivity contribution in [3.63, 3.8) is 0 Å². The fourth-order valence-corrected chi connectivity index (χ4v) is 4.91. The zero-order valence-corrected chi connectivity index (χ0v) is 20.2. The van der Waals surface area contributed by atoms with Gasteiger partial charge in [0.25, 0.3) is 0 Å². The number of hydrogen-bond donors (Lipinski definition) is 0. The Balaban J connectivity index is 1.63. The maximum Gasteiger partial charge on any atom is 0.219 e. The fraction of sp³-hybridized carbons (Fsp3) is 0.600. The number of nitrogens with zero attached hydrogens (tertiary/aromatic N) is 4. The predicted octanol–water partition coefficient (Wildman–Crippen LogP) is 4.54. The van der Waals surface area contributed by atoms with Crippen molar-refractivity contribution in [2.75, 3.05) is 13.1 Å². The smallest absolute Gasteiger partial charge is 0.219 e. The molecule has 0 N–H and O–H groups in total. The number of Topliss-reactive ketones (excluding diaryl/α,β-unsaturated/α-hetero) is 1. The van der Waals surface area contributed by atoms with E-state index in [4.69, 9.17) is 11.6 Å². The van der Waals surface area contributed by atoms with Gasteiger partial charge in [-0.15, -0.1) is 10.2 Å². The molecule has 1 amide bonds. The number of rotatable bonds is 8. The number of benzene rings is 1. The Bertz CT molecular complexity index is 1010. The molecule has 32 heavy (non-hydrogen) atoms. The lowest BCUT2D eigenvalue weighted by Gasteiger charge is -2.19. The summed E-state index contributed by atoms with van der Waals surface area (Å²) in [6.07, 6.45) is 4.53. The SMILES string of the molecule is CC(=O)N1C[C@H](C(=O)Cc2cccc(Cl)c2C)[C@@H](c2nnc(CCC(C)C)n2C2CC2)C1. The molecule has 172 valence electrons. The minimum Gasteiger partial charge on any atom is -0.341 e. The van der Waals surface area contributed by atoms with Crippen LogP contribution in [0.3, 0.4) is 0 Å². The Morgan fingerprint density at radius 3 is 2.59 bits per heavy atom. The van der Waals surface area contributed by atoms with Crippen LogP contribution in [0.1, 0.15) is 74.8 Å². The van der Waals surface area contributed by atoms with Crippen LogP contribution in [-0.4, -0.2) is 44.4 Å².